The predicted molar refractivity (Wildman–Crippen MR) is 87.9 cm³/mol. The zero-order chi connectivity index (χ0) is 17.9. The van der Waals surface area contributed by atoms with E-state index in [4.69, 9.17) is 22.6 Å². The molecule has 0 aliphatic rings. The fourth-order valence-corrected chi connectivity index (χ4v) is 2.10. The molecule has 2 atom stereocenters. The highest BCUT2D eigenvalue weighted by Gasteiger charge is 2.27. The molecule has 126 valence electrons. The second kappa shape index (κ2) is 10.0. The minimum absolute atomic E-state index is 0.246. The molecule has 0 saturated carbocycles. The Morgan fingerprint density at radius 2 is 1.21 bits per heavy atom. The van der Waals surface area contributed by atoms with Crippen LogP contribution >= 0.6 is 0 Å². The lowest BCUT2D eigenvalue weighted by Gasteiger charge is -2.07. The fraction of sp³-hybridized carbons (Fsp3) is 0.444. The van der Waals surface area contributed by atoms with Gasteiger partial charge in [-0.2, -0.15) is 0 Å². The molecule has 6 nitrogen and oxygen atoms in total. The highest BCUT2D eigenvalue weighted by atomic mass is 16.5. The van der Waals surface area contributed by atoms with E-state index in [1.165, 1.54) is 0 Å². The number of hydrogen-bond acceptors (Lipinski definition) is 4. The largest absolute Gasteiger partial charge is 0.460 e. The third-order valence-electron chi connectivity index (χ3n) is 3.31. The second-order valence-corrected chi connectivity index (χ2v) is 5.02. The molecule has 0 fully saturated rings. The zero-order valence-electron chi connectivity index (χ0n) is 13.8. The Morgan fingerprint density at radius 3 is 1.46 bits per heavy atom. The molecule has 0 spiro atoms. The van der Waals surface area contributed by atoms with E-state index in [1.807, 2.05) is 0 Å². The quantitative estimate of drug-likeness (QED) is 0.543. The third-order valence-corrected chi connectivity index (χ3v) is 3.31. The Labute approximate surface area is 142 Å². The maximum absolute atomic E-state index is 11.6. The lowest BCUT2D eigenvalue weighted by Crippen LogP contribution is -2.23. The number of benzene rings is 1. The number of hydrogen-bond donors (Lipinski definition) is 0. The highest BCUT2D eigenvalue weighted by molar-refractivity contribution is 5.78. The topological polar surface area (TPSA) is 61.3 Å². The predicted octanol–water partition coefficient (Wildman–Crippen LogP) is 2.47. The Bertz CT molecular complexity index is 583. The number of esters is 2. The summed E-state index contributed by atoms with van der Waals surface area (Å²) in [5, 5.41) is 0. The van der Waals surface area contributed by atoms with Crippen LogP contribution in [-0.2, 0) is 31.9 Å². The van der Waals surface area contributed by atoms with Crippen LogP contribution < -0.4 is 0 Å². The number of carbonyl (C=O) groups is 2. The first-order valence-corrected chi connectivity index (χ1v) is 7.69. The smallest absolute Gasteiger partial charge is 0.390 e. The van der Waals surface area contributed by atoms with Crippen LogP contribution in [0.15, 0.2) is 24.3 Å². The van der Waals surface area contributed by atoms with E-state index in [2.05, 4.69) is 9.69 Å². The van der Waals surface area contributed by atoms with E-state index in [9.17, 15) is 9.59 Å². The first kappa shape index (κ1) is 19.2. The summed E-state index contributed by atoms with van der Waals surface area (Å²) in [6, 6.07) is 5.45. The van der Waals surface area contributed by atoms with Gasteiger partial charge in [0.25, 0.3) is 0 Å². The first-order valence-electron chi connectivity index (χ1n) is 7.69. The van der Waals surface area contributed by atoms with Crippen molar-refractivity contribution in [1.29, 1.82) is 0 Å². The summed E-state index contributed by atoms with van der Waals surface area (Å²) in [5.74, 6) is -1.04. The van der Waals surface area contributed by atoms with Gasteiger partial charge in [-0.1, -0.05) is 24.3 Å². The van der Waals surface area contributed by atoms with Gasteiger partial charge in [-0.25, -0.2) is 22.7 Å². The lowest BCUT2D eigenvalue weighted by atomic mass is 10.0. The average Bonchev–Trinajstić information content (AvgIpc) is 2.59. The molecule has 0 aliphatic heterocycles. The van der Waals surface area contributed by atoms with Gasteiger partial charge in [-0.05, 0) is 25.0 Å². The minimum Gasteiger partial charge on any atom is -0.460 e. The van der Waals surface area contributed by atoms with Gasteiger partial charge in [-0.3, -0.25) is 0 Å². The Hall–Kier alpha value is -2.86. The number of ether oxygens (including phenoxy) is 2. The molecule has 1 rings (SSSR count). The average molecular weight is 328 g/mol. The monoisotopic (exact) mass is 328 g/mol. The van der Waals surface area contributed by atoms with E-state index >= 15 is 0 Å². The number of rotatable bonds is 8. The van der Waals surface area contributed by atoms with Crippen molar-refractivity contribution in [2.75, 3.05) is 13.2 Å². The van der Waals surface area contributed by atoms with Crippen molar-refractivity contribution in [2.24, 2.45) is 0 Å². The van der Waals surface area contributed by atoms with Crippen LogP contribution in [0, 0.1) is 13.1 Å². The Balaban J connectivity index is 2.72. The number of carbonyl (C=O) groups excluding carboxylic acids is 2. The molecule has 1 aromatic rings. The molecule has 24 heavy (non-hydrogen) atoms. The van der Waals surface area contributed by atoms with Crippen molar-refractivity contribution >= 4 is 11.9 Å². The van der Waals surface area contributed by atoms with Crippen LogP contribution in [0.5, 0.6) is 0 Å². The maximum atomic E-state index is 11.6. The van der Waals surface area contributed by atoms with Crippen molar-refractivity contribution in [3.05, 3.63) is 58.2 Å². The van der Waals surface area contributed by atoms with E-state index < -0.39 is 24.0 Å². The molecule has 0 saturated heterocycles. The second-order valence-electron chi connectivity index (χ2n) is 5.02. The summed E-state index contributed by atoms with van der Waals surface area (Å²) >= 11 is 0. The van der Waals surface area contributed by atoms with E-state index in [1.54, 1.807) is 38.1 Å². The normalized spacial score (nSPS) is 12.3. The van der Waals surface area contributed by atoms with Crippen LogP contribution in [0.1, 0.15) is 25.0 Å². The summed E-state index contributed by atoms with van der Waals surface area (Å²) in [6.45, 7) is 18.1. The van der Waals surface area contributed by atoms with Crippen LogP contribution in [-0.4, -0.2) is 37.2 Å². The van der Waals surface area contributed by atoms with Crippen LogP contribution in [0.4, 0.5) is 0 Å². The van der Waals surface area contributed by atoms with E-state index in [0.29, 0.717) is 0 Å². The van der Waals surface area contributed by atoms with Crippen molar-refractivity contribution in [3.8, 4) is 0 Å². The molecule has 1 aromatic carbocycles. The Morgan fingerprint density at radius 1 is 0.875 bits per heavy atom. The molecular weight excluding hydrogens is 308 g/mol. The van der Waals surface area contributed by atoms with Crippen LogP contribution in [0.2, 0.25) is 0 Å². The molecule has 0 amide bonds. The van der Waals surface area contributed by atoms with Crippen molar-refractivity contribution in [1.82, 2.24) is 0 Å². The van der Waals surface area contributed by atoms with E-state index in [-0.39, 0.29) is 26.1 Å². The standard InChI is InChI=1S/C18H20N2O4/c1-5-23-17(21)15(19-3)11-13-7-9-14(10-8-13)12-16(20-4)18(22)24-6-2/h7-10,15-16H,5-6,11-12H2,1-2H3. The van der Waals surface area contributed by atoms with Gasteiger partial charge in [0.15, 0.2) is 0 Å². The molecule has 0 bridgehead atoms. The van der Waals surface area contributed by atoms with Crippen LogP contribution in [0.3, 0.4) is 0 Å². The summed E-state index contributed by atoms with van der Waals surface area (Å²) in [7, 11) is 0. The third kappa shape index (κ3) is 5.73. The summed E-state index contributed by atoms with van der Waals surface area (Å²) in [5.41, 5.74) is 1.65. The molecule has 0 N–H and O–H groups in total. The summed E-state index contributed by atoms with van der Waals surface area (Å²) in [6.07, 6.45) is 0.541. The fourth-order valence-electron chi connectivity index (χ4n) is 2.10. The van der Waals surface area contributed by atoms with E-state index in [0.717, 1.165) is 11.1 Å². The van der Waals surface area contributed by atoms with Gasteiger partial charge in [0, 0.05) is 0 Å². The summed E-state index contributed by atoms with van der Waals surface area (Å²) in [4.78, 5) is 29.9. The van der Waals surface area contributed by atoms with Crippen LogP contribution in [0.25, 0.3) is 9.69 Å². The molecule has 2 unspecified atom stereocenters. The Kier molecular flexibility index (Phi) is 8.01. The van der Waals surface area contributed by atoms with Gasteiger partial charge < -0.3 is 19.2 Å². The molecule has 6 heteroatoms. The minimum atomic E-state index is -0.855. The van der Waals surface area contributed by atoms with Gasteiger partial charge in [0.1, 0.15) is 0 Å². The molecule has 0 aliphatic carbocycles. The molecule has 0 radical (unpaired) electrons. The van der Waals surface area contributed by atoms with Crippen molar-refractivity contribution in [2.45, 2.75) is 38.8 Å². The van der Waals surface area contributed by atoms with Crippen molar-refractivity contribution < 1.29 is 19.1 Å². The molecule has 0 heterocycles. The molecular formula is C18H20N2O4. The zero-order valence-corrected chi connectivity index (χ0v) is 13.8. The summed E-state index contributed by atoms with van der Waals surface area (Å²) < 4.78 is 9.74. The van der Waals surface area contributed by atoms with Gasteiger partial charge in [-0.15, -0.1) is 0 Å². The van der Waals surface area contributed by atoms with Gasteiger partial charge >= 0.3 is 24.0 Å². The van der Waals surface area contributed by atoms with Gasteiger partial charge in [0.2, 0.25) is 0 Å². The maximum Gasteiger partial charge on any atom is 0.390 e. The SMILES string of the molecule is [C-]#[N+]C(Cc1ccc(CC([N+]#[C-])C(=O)OCC)cc1)C(=O)OCC. The molecule has 0 aromatic heterocycles. The highest BCUT2D eigenvalue weighted by Crippen LogP contribution is 2.13. The lowest BCUT2D eigenvalue weighted by molar-refractivity contribution is -0.144. The van der Waals surface area contributed by atoms with Crippen molar-refractivity contribution in [3.63, 3.8) is 0 Å². The first-order chi connectivity index (χ1) is 11.5. The number of nitrogens with zero attached hydrogens (tertiary/aromatic N) is 2. The van der Waals surface area contributed by atoms with Gasteiger partial charge in [0.05, 0.1) is 26.1 Å².